The summed E-state index contributed by atoms with van der Waals surface area (Å²) < 4.78 is 0. The molecule has 4 nitrogen and oxygen atoms in total. The molecule has 0 spiro atoms. The Hall–Kier alpha value is -2.37. The Morgan fingerprint density at radius 2 is 2.09 bits per heavy atom. The number of carbonyl (C=O) groups is 1. The van der Waals surface area contributed by atoms with E-state index in [1.165, 1.54) is 11.3 Å². The molecule has 0 radical (unpaired) electrons. The number of anilines is 2. The molecule has 0 fully saturated rings. The highest BCUT2D eigenvalue weighted by Crippen LogP contribution is 2.29. The maximum Gasteiger partial charge on any atom is 0.335 e. The second-order valence-electron chi connectivity index (χ2n) is 5.01. The van der Waals surface area contributed by atoms with Gasteiger partial charge in [-0.15, -0.1) is 11.3 Å². The lowest BCUT2D eigenvalue weighted by atomic mass is 10.1. The molecule has 23 heavy (non-hydrogen) atoms. The van der Waals surface area contributed by atoms with Gasteiger partial charge in [-0.25, -0.2) is 9.78 Å². The van der Waals surface area contributed by atoms with Crippen LogP contribution in [0.15, 0.2) is 47.8 Å². The molecule has 1 aromatic heterocycles. The van der Waals surface area contributed by atoms with Gasteiger partial charge in [0.15, 0.2) is 5.13 Å². The molecule has 1 heterocycles. The van der Waals surface area contributed by atoms with Gasteiger partial charge < -0.3 is 10.4 Å². The van der Waals surface area contributed by atoms with E-state index in [1.54, 1.807) is 24.3 Å². The molecular formula is C17H13ClN2O2S. The monoisotopic (exact) mass is 344 g/mol. The molecule has 2 aromatic carbocycles. The molecule has 0 atom stereocenters. The largest absolute Gasteiger partial charge is 0.478 e. The van der Waals surface area contributed by atoms with Crippen LogP contribution < -0.4 is 5.32 Å². The van der Waals surface area contributed by atoms with Crippen molar-refractivity contribution in [2.24, 2.45) is 0 Å². The third-order valence-electron chi connectivity index (χ3n) is 3.32. The first-order valence-electron chi connectivity index (χ1n) is 6.85. The second kappa shape index (κ2) is 6.40. The van der Waals surface area contributed by atoms with Crippen molar-refractivity contribution in [2.45, 2.75) is 6.92 Å². The number of carboxylic acid groups (broad SMARTS) is 1. The van der Waals surface area contributed by atoms with Gasteiger partial charge in [0.2, 0.25) is 0 Å². The van der Waals surface area contributed by atoms with Crippen molar-refractivity contribution < 1.29 is 9.90 Å². The molecule has 0 saturated heterocycles. The maximum atomic E-state index is 11.0. The summed E-state index contributed by atoms with van der Waals surface area (Å²) in [5.74, 6) is -0.954. The average Bonchev–Trinajstić information content (AvgIpc) is 2.99. The highest BCUT2D eigenvalue weighted by atomic mass is 35.5. The summed E-state index contributed by atoms with van der Waals surface area (Å²) in [7, 11) is 0. The highest BCUT2D eigenvalue weighted by molar-refractivity contribution is 7.14. The molecule has 3 rings (SSSR count). The van der Waals surface area contributed by atoms with Gasteiger partial charge in [-0.05, 0) is 42.8 Å². The van der Waals surface area contributed by atoms with E-state index in [9.17, 15) is 4.79 Å². The minimum atomic E-state index is -0.954. The number of aromatic carboxylic acids is 1. The van der Waals surface area contributed by atoms with E-state index in [2.05, 4.69) is 10.3 Å². The maximum absolute atomic E-state index is 11.0. The zero-order chi connectivity index (χ0) is 16.4. The topological polar surface area (TPSA) is 62.2 Å². The Balaban J connectivity index is 1.83. The number of aryl methyl sites for hydroxylation is 1. The molecule has 0 unspecified atom stereocenters. The Morgan fingerprint density at radius 3 is 2.83 bits per heavy atom. The number of hydrogen-bond acceptors (Lipinski definition) is 4. The third-order valence-corrected chi connectivity index (χ3v) is 4.50. The highest BCUT2D eigenvalue weighted by Gasteiger charge is 2.08. The van der Waals surface area contributed by atoms with Gasteiger partial charge in [-0.2, -0.15) is 0 Å². The zero-order valence-corrected chi connectivity index (χ0v) is 13.8. The van der Waals surface area contributed by atoms with E-state index < -0.39 is 5.97 Å². The van der Waals surface area contributed by atoms with Crippen LogP contribution in [-0.2, 0) is 0 Å². The third kappa shape index (κ3) is 3.52. The van der Waals surface area contributed by atoms with Gasteiger partial charge in [0.05, 0.1) is 11.3 Å². The molecule has 3 aromatic rings. The van der Waals surface area contributed by atoms with Crippen molar-refractivity contribution in [3.8, 4) is 11.3 Å². The summed E-state index contributed by atoms with van der Waals surface area (Å²) in [4.78, 5) is 15.5. The normalized spacial score (nSPS) is 10.5. The van der Waals surface area contributed by atoms with Crippen LogP contribution in [0.4, 0.5) is 10.8 Å². The summed E-state index contributed by atoms with van der Waals surface area (Å²) >= 11 is 7.50. The van der Waals surface area contributed by atoms with E-state index in [4.69, 9.17) is 16.7 Å². The number of nitrogens with zero attached hydrogens (tertiary/aromatic N) is 1. The molecule has 0 aliphatic heterocycles. The van der Waals surface area contributed by atoms with Gasteiger partial charge in [0.25, 0.3) is 0 Å². The molecule has 6 heteroatoms. The van der Waals surface area contributed by atoms with E-state index >= 15 is 0 Å². The molecule has 0 aliphatic carbocycles. The predicted molar refractivity (Wildman–Crippen MR) is 94.0 cm³/mol. The summed E-state index contributed by atoms with van der Waals surface area (Å²) in [6.07, 6.45) is 0. The van der Waals surface area contributed by atoms with Gasteiger partial charge in [-0.3, -0.25) is 0 Å². The van der Waals surface area contributed by atoms with Crippen LogP contribution in [0.5, 0.6) is 0 Å². The number of aromatic nitrogens is 1. The van der Waals surface area contributed by atoms with Crippen molar-refractivity contribution in [3.05, 3.63) is 64.0 Å². The standard InChI is InChI=1S/C17H13ClN2O2S/c1-10-7-11(5-6-14(10)18)15-9-23-17(20-15)19-13-4-2-3-12(8-13)16(21)22/h2-9H,1H3,(H,19,20)(H,21,22). The number of halogens is 1. The molecule has 2 N–H and O–H groups in total. The van der Waals surface area contributed by atoms with Crippen molar-refractivity contribution in [2.75, 3.05) is 5.32 Å². The van der Waals surface area contributed by atoms with Crippen molar-refractivity contribution in [1.29, 1.82) is 0 Å². The van der Waals surface area contributed by atoms with Crippen LogP contribution in [0.3, 0.4) is 0 Å². The van der Waals surface area contributed by atoms with Gasteiger partial charge in [-0.1, -0.05) is 23.7 Å². The summed E-state index contributed by atoms with van der Waals surface area (Å²) in [6, 6.07) is 12.4. The van der Waals surface area contributed by atoms with E-state index in [0.717, 1.165) is 21.8 Å². The summed E-state index contributed by atoms with van der Waals surface area (Å²) in [5, 5.41) is 15.5. The number of thiazole rings is 1. The number of hydrogen-bond donors (Lipinski definition) is 2. The van der Waals surface area contributed by atoms with Crippen molar-refractivity contribution in [1.82, 2.24) is 4.98 Å². The van der Waals surface area contributed by atoms with Crippen LogP contribution in [0.1, 0.15) is 15.9 Å². The van der Waals surface area contributed by atoms with Crippen LogP contribution >= 0.6 is 22.9 Å². The lowest BCUT2D eigenvalue weighted by Crippen LogP contribution is -1.97. The van der Waals surface area contributed by atoms with E-state index in [1.807, 2.05) is 30.5 Å². The van der Waals surface area contributed by atoms with Crippen molar-refractivity contribution >= 4 is 39.7 Å². The van der Waals surface area contributed by atoms with Crippen LogP contribution in [0.2, 0.25) is 5.02 Å². The molecule has 0 saturated carbocycles. The Bertz CT molecular complexity index is 877. The minimum absolute atomic E-state index is 0.236. The van der Waals surface area contributed by atoms with Gasteiger partial charge in [0, 0.05) is 21.7 Å². The predicted octanol–water partition coefficient (Wildman–Crippen LogP) is 5.21. The number of benzene rings is 2. The first-order chi connectivity index (χ1) is 11.0. The number of carboxylic acids is 1. The lowest BCUT2D eigenvalue weighted by Gasteiger charge is -2.04. The SMILES string of the molecule is Cc1cc(-c2csc(Nc3cccc(C(=O)O)c3)n2)ccc1Cl. The summed E-state index contributed by atoms with van der Waals surface area (Å²) in [5.41, 5.74) is 3.78. The number of nitrogens with one attached hydrogen (secondary N) is 1. The van der Waals surface area contributed by atoms with Gasteiger partial charge >= 0.3 is 5.97 Å². The Morgan fingerprint density at radius 1 is 1.26 bits per heavy atom. The Kier molecular flexibility index (Phi) is 4.32. The van der Waals surface area contributed by atoms with Crippen LogP contribution in [0, 0.1) is 6.92 Å². The molecule has 116 valence electrons. The zero-order valence-electron chi connectivity index (χ0n) is 12.2. The first-order valence-corrected chi connectivity index (χ1v) is 8.11. The van der Waals surface area contributed by atoms with Crippen molar-refractivity contribution in [3.63, 3.8) is 0 Å². The lowest BCUT2D eigenvalue weighted by molar-refractivity contribution is 0.0697. The van der Waals surface area contributed by atoms with E-state index in [0.29, 0.717) is 10.8 Å². The Labute approximate surface area is 142 Å². The number of rotatable bonds is 4. The fraction of sp³-hybridized carbons (Fsp3) is 0.0588. The molecular weight excluding hydrogens is 332 g/mol. The summed E-state index contributed by atoms with van der Waals surface area (Å²) in [6.45, 7) is 1.95. The second-order valence-corrected chi connectivity index (χ2v) is 6.28. The first kappa shape index (κ1) is 15.5. The molecule has 0 amide bonds. The van der Waals surface area contributed by atoms with E-state index in [-0.39, 0.29) is 5.56 Å². The minimum Gasteiger partial charge on any atom is -0.478 e. The van der Waals surface area contributed by atoms with Crippen LogP contribution in [-0.4, -0.2) is 16.1 Å². The molecule has 0 aliphatic rings. The smallest absolute Gasteiger partial charge is 0.335 e. The van der Waals surface area contributed by atoms with Crippen LogP contribution in [0.25, 0.3) is 11.3 Å². The quantitative estimate of drug-likeness (QED) is 0.681. The average molecular weight is 345 g/mol. The fourth-order valence-electron chi connectivity index (χ4n) is 2.12. The van der Waals surface area contributed by atoms with Gasteiger partial charge in [0.1, 0.15) is 0 Å². The molecule has 0 bridgehead atoms. The fourth-order valence-corrected chi connectivity index (χ4v) is 2.98.